The number of halogens is 1. The van der Waals surface area contributed by atoms with Crippen LogP contribution in [0.3, 0.4) is 0 Å². The zero-order valence-corrected chi connectivity index (χ0v) is 11.0. The van der Waals surface area contributed by atoms with E-state index in [4.69, 9.17) is 11.6 Å². The summed E-state index contributed by atoms with van der Waals surface area (Å²) in [6.07, 6.45) is 0. The molecule has 0 atom stereocenters. The molecule has 0 spiro atoms. The summed E-state index contributed by atoms with van der Waals surface area (Å²) in [4.78, 5) is 4.57. The van der Waals surface area contributed by atoms with Gasteiger partial charge in [-0.15, -0.1) is 0 Å². The number of rotatable bonds is 2. The van der Waals surface area contributed by atoms with Gasteiger partial charge < -0.3 is 4.57 Å². The molecule has 0 amide bonds. The Morgan fingerprint density at radius 2 is 2.06 bits per heavy atom. The average molecular weight is 237 g/mol. The number of imidazole rings is 1. The minimum absolute atomic E-state index is 0.434. The first-order chi connectivity index (χ1) is 7.54. The Morgan fingerprint density at radius 1 is 1.38 bits per heavy atom. The van der Waals surface area contributed by atoms with E-state index in [0.717, 1.165) is 28.4 Å². The maximum atomic E-state index is 6.30. The molecule has 0 saturated carbocycles. The van der Waals surface area contributed by atoms with E-state index in [0.29, 0.717) is 5.92 Å². The van der Waals surface area contributed by atoms with Gasteiger partial charge in [0, 0.05) is 11.6 Å². The van der Waals surface area contributed by atoms with Crippen molar-refractivity contribution in [1.29, 1.82) is 0 Å². The number of aromatic nitrogens is 2. The molecule has 0 aliphatic rings. The van der Waals surface area contributed by atoms with E-state index in [2.05, 4.69) is 36.4 Å². The molecule has 1 aromatic heterocycles. The van der Waals surface area contributed by atoms with Gasteiger partial charge in [0.05, 0.1) is 11.0 Å². The molecule has 0 fully saturated rings. The molecule has 0 unspecified atom stereocenters. The van der Waals surface area contributed by atoms with Crippen LogP contribution in [0.4, 0.5) is 0 Å². The fourth-order valence-corrected chi connectivity index (χ4v) is 2.50. The smallest absolute Gasteiger partial charge is 0.106 e. The third-order valence-electron chi connectivity index (χ3n) is 3.00. The molecule has 1 aromatic carbocycles. The monoisotopic (exact) mass is 236 g/mol. The molecule has 0 bridgehead atoms. The van der Waals surface area contributed by atoms with Gasteiger partial charge >= 0.3 is 0 Å². The third kappa shape index (κ3) is 1.71. The molecule has 3 heteroatoms. The molecular weight excluding hydrogens is 220 g/mol. The second kappa shape index (κ2) is 4.10. The van der Waals surface area contributed by atoms with Crippen molar-refractivity contribution in [2.75, 3.05) is 0 Å². The highest BCUT2D eigenvalue weighted by atomic mass is 35.5. The highest BCUT2D eigenvalue weighted by molar-refractivity contribution is 6.32. The molecule has 0 aliphatic heterocycles. The number of nitrogens with zero attached hydrogens (tertiary/aromatic N) is 2. The predicted octanol–water partition coefficient (Wildman–Crippen LogP) is 4.14. The van der Waals surface area contributed by atoms with Crippen LogP contribution < -0.4 is 0 Å². The van der Waals surface area contributed by atoms with Crippen molar-refractivity contribution in [3.05, 3.63) is 28.5 Å². The van der Waals surface area contributed by atoms with E-state index < -0.39 is 0 Å². The summed E-state index contributed by atoms with van der Waals surface area (Å²) in [6, 6.07) is 4.15. The number of aryl methyl sites for hydroxylation is 2. The van der Waals surface area contributed by atoms with E-state index in [-0.39, 0.29) is 0 Å². The summed E-state index contributed by atoms with van der Waals surface area (Å²) in [5.41, 5.74) is 3.36. The lowest BCUT2D eigenvalue weighted by molar-refractivity contribution is 0.753. The van der Waals surface area contributed by atoms with Crippen molar-refractivity contribution in [3.63, 3.8) is 0 Å². The Kier molecular flexibility index (Phi) is 2.94. The minimum atomic E-state index is 0.434. The molecule has 0 N–H and O–H groups in total. The van der Waals surface area contributed by atoms with E-state index in [9.17, 15) is 0 Å². The Bertz CT molecular complexity index is 526. The largest absolute Gasteiger partial charge is 0.328 e. The molecule has 16 heavy (non-hydrogen) atoms. The molecule has 2 rings (SSSR count). The van der Waals surface area contributed by atoms with Crippen LogP contribution in [0.2, 0.25) is 5.02 Å². The number of hydrogen-bond acceptors (Lipinski definition) is 1. The van der Waals surface area contributed by atoms with Gasteiger partial charge in [-0.1, -0.05) is 25.4 Å². The summed E-state index contributed by atoms with van der Waals surface area (Å²) in [5, 5.41) is 0.845. The number of benzene rings is 1. The fraction of sp³-hybridized carbons (Fsp3) is 0.462. The van der Waals surface area contributed by atoms with Crippen molar-refractivity contribution in [3.8, 4) is 0 Å². The van der Waals surface area contributed by atoms with Crippen molar-refractivity contribution in [2.24, 2.45) is 0 Å². The lowest BCUT2D eigenvalue weighted by atomic mass is 10.0. The quantitative estimate of drug-likeness (QED) is 0.766. The summed E-state index contributed by atoms with van der Waals surface area (Å²) < 4.78 is 2.19. The summed E-state index contributed by atoms with van der Waals surface area (Å²) >= 11 is 6.30. The van der Waals surface area contributed by atoms with Gasteiger partial charge in [-0.2, -0.15) is 0 Å². The van der Waals surface area contributed by atoms with Gasteiger partial charge in [-0.25, -0.2) is 4.98 Å². The highest BCUT2D eigenvalue weighted by Gasteiger charge is 2.11. The van der Waals surface area contributed by atoms with Crippen LogP contribution in [0, 0.1) is 6.92 Å². The van der Waals surface area contributed by atoms with Crippen LogP contribution in [0.1, 0.15) is 38.1 Å². The van der Waals surface area contributed by atoms with Crippen molar-refractivity contribution >= 4 is 22.6 Å². The van der Waals surface area contributed by atoms with Gasteiger partial charge in [0.25, 0.3) is 0 Å². The zero-order chi connectivity index (χ0) is 11.9. The summed E-state index contributed by atoms with van der Waals surface area (Å²) in [7, 11) is 0. The lowest BCUT2D eigenvalue weighted by Crippen LogP contribution is -1.96. The molecule has 2 aromatic rings. The van der Waals surface area contributed by atoms with Crippen molar-refractivity contribution in [1.82, 2.24) is 9.55 Å². The molecule has 0 saturated heterocycles. The van der Waals surface area contributed by atoms with E-state index in [1.807, 2.05) is 13.0 Å². The molecule has 2 nitrogen and oxygen atoms in total. The topological polar surface area (TPSA) is 17.8 Å². The third-order valence-corrected chi connectivity index (χ3v) is 3.32. The van der Waals surface area contributed by atoms with Crippen LogP contribution in [0.25, 0.3) is 11.0 Å². The van der Waals surface area contributed by atoms with Gasteiger partial charge in [0.2, 0.25) is 0 Å². The highest BCUT2D eigenvalue weighted by Crippen LogP contribution is 2.29. The maximum Gasteiger partial charge on any atom is 0.106 e. The van der Waals surface area contributed by atoms with Crippen molar-refractivity contribution in [2.45, 2.75) is 40.2 Å². The Balaban J connectivity index is 2.73. The number of hydrogen-bond donors (Lipinski definition) is 0. The average Bonchev–Trinajstić information content (AvgIpc) is 2.51. The molecule has 86 valence electrons. The lowest BCUT2D eigenvalue weighted by Gasteiger charge is -2.08. The first-order valence-corrected chi connectivity index (χ1v) is 6.08. The zero-order valence-electron chi connectivity index (χ0n) is 10.2. The Hall–Kier alpha value is -1.02. The molecular formula is C13H17ClN2. The van der Waals surface area contributed by atoms with Crippen LogP contribution in [-0.2, 0) is 6.54 Å². The van der Waals surface area contributed by atoms with Gasteiger partial charge in [-0.3, -0.25) is 0 Å². The SMILES string of the molecule is CCn1c(C)nc2cc(C(C)C)c(Cl)cc21. The normalized spacial score (nSPS) is 11.6. The molecule has 1 heterocycles. The number of fused-ring (bicyclic) bond motifs is 1. The van der Waals surface area contributed by atoms with E-state index in [1.54, 1.807) is 0 Å². The first kappa shape index (κ1) is 11.5. The predicted molar refractivity (Wildman–Crippen MR) is 69.2 cm³/mol. The van der Waals surface area contributed by atoms with Crippen LogP contribution in [0.15, 0.2) is 12.1 Å². The van der Waals surface area contributed by atoms with Crippen LogP contribution in [0.5, 0.6) is 0 Å². The maximum absolute atomic E-state index is 6.30. The van der Waals surface area contributed by atoms with Gasteiger partial charge in [0.1, 0.15) is 5.82 Å². The second-order valence-electron chi connectivity index (χ2n) is 4.42. The van der Waals surface area contributed by atoms with E-state index in [1.165, 1.54) is 5.56 Å². The molecule has 0 aliphatic carbocycles. The fourth-order valence-electron chi connectivity index (χ4n) is 2.12. The van der Waals surface area contributed by atoms with E-state index >= 15 is 0 Å². The Morgan fingerprint density at radius 3 is 2.62 bits per heavy atom. The standard InChI is InChI=1S/C13H17ClN2/c1-5-16-9(4)15-12-6-10(8(2)3)11(14)7-13(12)16/h6-8H,5H2,1-4H3. The second-order valence-corrected chi connectivity index (χ2v) is 4.83. The summed E-state index contributed by atoms with van der Waals surface area (Å²) in [6.45, 7) is 9.39. The Labute approximate surface area is 101 Å². The van der Waals surface area contributed by atoms with Crippen molar-refractivity contribution < 1.29 is 0 Å². The van der Waals surface area contributed by atoms with Crippen LogP contribution >= 0.6 is 11.6 Å². The van der Waals surface area contributed by atoms with Crippen LogP contribution in [-0.4, -0.2) is 9.55 Å². The first-order valence-electron chi connectivity index (χ1n) is 5.70. The van der Waals surface area contributed by atoms with Gasteiger partial charge in [-0.05, 0) is 37.5 Å². The summed E-state index contributed by atoms with van der Waals surface area (Å²) in [5.74, 6) is 1.48. The minimum Gasteiger partial charge on any atom is -0.328 e. The van der Waals surface area contributed by atoms with Gasteiger partial charge in [0.15, 0.2) is 0 Å². The molecule has 0 radical (unpaired) electrons.